The second kappa shape index (κ2) is 8.91. The summed E-state index contributed by atoms with van der Waals surface area (Å²) in [6, 6.07) is 10.5. The zero-order valence-corrected chi connectivity index (χ0v) is 17.4. The summed E-state index contributed by atoms with van der Waals surface area (Å²) in [4.78, 5) is 22.9. The van der Waals surface area contributed by atoms with Gasteiger partial charge in [0.25, 0.3) is 5.69 Å². The second-order valence-corrected chi connectivity index (χ2v) is 8.64. The van der Waals surface area contributed by atoms with Gasteiger partial charge >= 0.3 is 0 Å². The van der Waals surface area contributed by atoms with Crippen LogP contribution in [-0.4, -0.2) is 38.2 Å². The number of amides is 1. The first-order valence-corrected chi connectivity index (χ1v) is 10.6. The number of hydrogen-bond donors (Lipinski definition) is 1. The Balaban J connectivity index is 2.27. The number of ether oxygens (including phenoxy) is 1. The minimum absolute atomic E-state index is 0.0999. The fraction of sp³-hybridized carbons (Fsp3) is 0.316. The second-order valence-electron chi connectivity index (χ2n) is 6.74. The van der Waals surface area contributed by atoms with Crippen LogP contribution in [0.2, 0.25) is 0 Å². The van der Waals surface area contributed by atoms with Crippen molar-refractivity contribution < 1.29 is 22.9 Å². The third-order valence-electron chi connectivity index (χ3n) is 3.87. The average molecular weight is 421 g/mol. The van der Waals surface area contributed by atoms with Gasteiger partial charge in [-0.1, -0.05) is 12.1 Å². The summed E-state index contributed by atoms with van der Waals surface area (Å²) in [6.45, 7) is 4.87. The van der Waals surface area contributed by atoms with Crippen LogP contribution in [-0.2, 0) is 14.8 Å². The van der Waals surface area contributed by atoms with E-state index in [9.17, 15) is 23.3 Å². The Morgan fingerprint density at radius 3 is 2.52 bits per heavy atom. The van der Waals surface area contributed by atoms with E-state index in [-0.39, 0.29) is 23.2 Å². The van der Waals surface area contributed by atoms with Crippen molar-refractivity contribution in [1.82, 2.24) is 0 Å². The minimum Gasteiger partial charge on any atom is -0.491 e. The van der Waals surface area contributed by atoms with E-state index < -0.39 is 27.4 Å². The Labute approximate surface area is 169 Å². The number of carbonyl (C=O) groups is 1. The maximum atomic E-state index is 12.5. The van der Waals surface area contributed by atoms with E-state index >= 15 is 0 Å². The fourth-order valence-electron chi connectivity index (χ4n) is 2.56. The summed E-state index contributed by atoms with van der Waals surface area (Å²) in [5, 5.41) is 13.5. The van der Waals surface area contributed by atoms with Gasteiger partial charge in [-0.05, 0) is 38.5 Å². The first kappa shape index (κ1) is 22.2. The molecule has 1 amide bonds. The maximum absolute atomic E-state index is 12.5. The largest absolute Gasteiger partial charge is 0.491 e. The lowest BCUT2D eigenvalue weighted by atomic mass is 10.2. The van der Waals surface area contributed by atoms with Crippen LogP contribution in [0.3, 0.4) is 0 Å². The lowest BCUT2D eigenvalue weighted by molar-refractivity contribution is -0.384. The van der Waals surface area contributed by atoms with E-state index in [0.717, 1.165) is 10.6 Å². The Hall–Kier alpha value is -3.14. The number of nitrogens with zero attached hydrogens (tertiary/aromatic N) is 2. The summed E-state index contributed by atoms with van der Waals surface area (Å²) >= 11 is 0. The summed E-state index contributed by atoms with van der Waals surface area (Å²) in [7, 11) is -3.77. The molecule has 0 saturated heterocycles. The van der Waals surface area contributed by atoms with Crippen LogP contribution in [0.25, 0.3) is 0 Å². The summed E-state index contributed by atoms with van der Waals surface area (Å²) in [5.41, 5.74) is 0.956. The fourth-order valence-corrected chi connectivity index (χ4v) is 3.41. The zero-order valence-electron chi connectivity index (χ0n) is 16.6. The molecule has 9 nitrogen and oxygen atoms in total. The first-order valence-electron chi connectivity index (χ1n) is 8.76. The van der Waals surface area contributed by atoms with Crippen molar-refractivity contribution >= 4 is 33.0 Å². The SMILES string of the molecule is Cc1ccc([N+](=O)[O-])cc1NC(=O)CN(c1cccc(OC(C)C)c1)S(C)(=O)=O. The first-order chi connectivity index (χ1) is 13.5. The molecule has 0 saturated carbocycles. The highest BCUT2D eigenvalue weighted by molar-refractivity contribution is 7.92. The number of benzene rings is 2. The molecule has 156 valence electrons. The number of sulfonamides is 1. The van der Waals surface area contributed by atoms with E-state index in [1.165, 1.54) is 24.3 Å². The predicted octanol–water partition coefficient (Wildman–Crippen LogP) is 3.10. The molecule has 0 aliphatic heterocycles. The number of hydrogen-bond acceptors (Lipinski definition) is 6. The number of nitrogens with one attached hydrogen (secondary N) is 1. The van der Waals surface area contributed by atoms with Crippen LogP contribution in [0.1, 0.15) is 19.4 Å². The van der Waals surface area contributed by atoms with Crippen LogP contribution in [0.15, 0.2) is 42.5 Å². The van der Waals surface area contributed by atoms with Gasteiger partial charge in [0.1, 0.15) is 12.3 Å². The quantitative estimate of drug-likeness (QED) is 0.517. The number of carbonyl (C=O) groups excluding carboxylic acids is 1. The molecule has 0 bridgehead atoms. The van der Waals surface area contributed by atoms with Crippen molar-refractivity contribution in [1.29, 1.82) is 0 Å². The van der Waals surface area contributed by atoms with Crippen molar-refractivity contribution in [3.63, 3.8) is 0 Å². The molecule has 2 aromatic carbocycles. The van der Waals surface area contributed by atoms with Crippen molar-refractivity contribution in [3.05, 3.63) is 58.1 Å². The van der Waals surface area contributed by atoms with Gasteiger partial charge in [-0.2, -0.15) is 0 Å². The minimum atomic E-state index is -3.77. The molecule has 0 aliphatic carbocycles. The summed E-state index contributed by atoms with van der Waals surface area (Å²) in [6.07, 6.45) is 0.895. The topological polar surface area (TPSA) is 119 Å². The van der Waals surface area contributed by atoms with Crippen LogP contribution >= 0.6 is 0 Å². The molecular weight excluding hydrogens is 398 g/mol. The third-order valence-corrected chi connectivity index (χ3v) is 5.01. The molecular formula is C19H23N3O6S. The average Bonchev–Trinajstić information content (AvgIpc) is 2.60. The van der Waals surface area contributed by atoms with Gasteiger partial charge in [0, 0.05) is 18.2 Å². The molecule has 0 fully saturated rings. The van der Waals surface area contributed by atoms with Gasteiger partial charge < -0.3 is 10.1 Å². The van der Waals surface area contributed by atoms with E-state index in [0.29, 0.717) is 11.3 Å². The Kier molecular flexibility index (Phi) is 6.80. The van der Waals surface area contributed by atoms with Crippen molar-refractivity contribution in [3.8, 4) is 5.75 Å². The number of nitro benzene ring substituents is 1. The van der Waals surface area contributed by atoms with E-state index in [2.05, 4.69) is 5.32 Å². The van der Waals surface area contributed by atoms with Gasteiger partial charge in [0.05, 0.1) is 28.7 Å². The van der Waals surface area contributed by atoms with Crippen molar-refractivity contribution in [2.75, 3.05) is 22.4 Å². The molecule has 2 rings (SSSR count). The number of aryl methyl sites for hydroxylation is 1. The van der Waals surface area contributed by atoms with E-state index in [4.69, 9.17) is 4.74 Å². The van der Waals surface area contributed by atoms with E-state index in [1.807, 2.05) is 13.8 Å². The van der Waals surface area contributed by atoms with Gasteiger partial charge in [0.2, 0.25) is 15.9 Å². The van der Waals surface area contributed by atoms with Crippen LogP contribution < -0.4 is 14.4 Å². The summed E-state index contributed by atoms with van der Waals surface area (Å²) in [5.74, 6) is -0.157. The number of nitro groups is 1. The Morgan fingerprint density at radius 2 is 1.93 bits per heavy atom. The van der Waals surface area contributed by atoms with E-state index in [1.54, 1.807) is 25.1 Å². The van der Waals surface area contributed by atoms with Crippen LogP contribution in [0.4, 0.5) is 17.1 Å². The standard InChI is InChI=1S/C19H23N3O6S/c1-13(2)28-17-7-5-6-15(10-17)21(29(4,26)27)12-19(23)20-18-11-16(22(24)25)9-8-14(18)3/h5-11,13H,12H2,1-4H3,(H,20,23). The highest BCUT2D eigenvalue weighted by Crippen LogP contribution is 2.25. The van der Waals surface area contributed by atoms with Crippen molar-refractivity contribution in [2.24, 2.45) is 0 Å². The number of rotatable bonds is 8. The molecule has 10 heteroatoms. The van der Waals surface area contributed by atoms with Gasteiger partial charge in [0.15, 0.2) is 0 Å². The van der Waals surface area contributed by atoms with Crippen LogP contribution in [0.5, 0.6) is 5.75 Å². The van der Waals surface area contributed by atoms with Crippen LogP contribution in [0, 0.1) is 17.0 Å². The third kappa shape index (κ3) is 6.18. The molecule has 0 spiro atoms. The number of non-ortho nitro benzene ring substituents is 1. The molecule has 0 unspecified atom stereocenters. The molecule has 2 aromatic rings. The molecule has 29 heavy (non-hydrogen) atoms. The Morgan fingerprint density at radius 1 is 1.24 bits per heavy atom. The molecule has 0 heterocycles. The van der Waals surface area contributed by atoms with Gasteiger partial charge in [-0.25, -0.2) is 8.42 Å². The maximum Gasteiger partial charge on any atom is 0.271 e. The monoisotopic (exact) mass is 421 g/mol. The molecule has 0 aromatic heterocycles. The Bertz CT molecular complexity index is 1020. The van der Waals surface area contributed by atoms with Gasteiger partial charge in [-0.3, -0.25) is 19.2 Å². The number of anilines is 2. The molecule has 0 atom stereocenters. The van der Waals surface area contributed by atoms with Gasteiger partial charge in [-0.15, -0.1) is 0 Å². The molecule has 1 N–H and O–H groups in total. The lowest BCUT2D eigenvalue weighted by Gasteiger charge is -2.23. The summed E-state index contributed by atoms with van der Waals surface area (Å²) < 4.78 is 31.1. The normalized spacial score (nSPS) is 11.2. The highest BCUT2D eigenvalue weighted by Gasteiger charge is 2.22. The van der Waals surface area contributed by atoms with Crippen molar-refractivity contribution in [2.45, 2.75) is 26.9 Å². The lowest BCUT2D eigenvalue weighted by Crippen LogP contribution is -2.37. The molecule has 0 aliphatic rings. The molecule has 0 radical (unpaired) electrons. The smallest absolute Gasteiger partial charge is 0.271 e. The predicted molar refractivity (Wildman–Crippen MR) is 111 cm³/mol. The highest BCUT2D eigenvalue weighted by atomic mass is 32.2. The zero-order chi connectivity index (χ0) is 21.8.